The van der Waals surface area contributed by atoms with E-state index < -0.39 is 0 Å². The summed E-state index contributed by atoms with van der Waals surface area (Å²) in [7, 11) is 0. The third-order valence-electron chi connectivity index (χ3n) is 3.66. The van der Waals surface area contributed by atoms with Gasteiger partial charge in [0, 0.05) is 18.1 Å². The van der Waals surface area contributed by atoms with Gasteiger partial charge in [-0.3, -0.25) is 9.98 Å². The second-order valence-corrected chi connectivity index (χ2v) is 5.24. The van der Waals surface area contributed by atoms with Crippen LogP contribution in [0.15, 0.2) is 84.0 Å². The van der Waals surface area contributed by atoms with Crippen molar-refractivity contribution >= 4 is 22.8 Å². The summed E-state index contributed by atoms with van der Waals surface area (Å²) in [5, 5.41) is 1.10. The van der Waals surface area contributed by atoms with Crippen molar-refractivity contribution in [1.82, 2.24) is 9.97 Å². The first-order valence-electron chi connectivity index (χ1n) is 7.47. The molecular weight excluding hydrogens is 346 g/mol. The predicted octanol–water partition coefficient (Wildman–Crippen LogP) is 4.61. The van der Waals surface area contributed by atoms with Crippen molar-refractivity contribution in [3.8, 4) is 11.4 Å². The Balaban J connectivity index is 0.00000169. The maximum atomic E-state index is 4.74. The number of nitrogens with zero attached hydrogens (tertiary/aromatic N) is 3. The fraction of sp³-hybridized carbons (Fsp3) is 0. The topological polar surface area (TPSA) is 39.4 Å². The quantitative estimate of drug-likeness (QED) is 0.396. The van der Waals surface area contributed by atoms with Crippen molar-refractivity contribution in [2.24, 2.45) is 4.99 Å². The number of para-hydroxylation sites is 2. The molecule has 0 unspecified atom stereocenters. The van der Waals surface area contributed by atoms with Gasteiger partial charge in [0.2, 0.25) is 0 Å². The number of pyridine rings is 1. The summed E-state index contributed by atoms with van der Waals surface area (Å²) >= 11 is 0. The zero-order chi connectivity index (χ0) is 15.5. The van der Waals surface area contributed by atoms with Gasteiger partial charge in [-0.25, -0.2) is 0 Å². The van der Waals surface area contributed by atoms with Crippen LogP contribution < -0.4 is 4.98 Å². The summed E-state index contributed by atoms with van der Waals surface area (Å²) in [5.74, 6) is 0. The number of hydrogen-bond donors (Lipinski definition) is 0. The van der Waals surface area contributed by atoms with E-state index >= 15 is 0 Å². The van der Waals surface area contributed by atoms with Crippen LogP contribution in [-0.4, -0.2) is 11.2 Å². The molecule has 2 aromatic carbocycles. The molecule has 0 aliphatic carbocycles. The van der Waals surface area contributed by atoms with Crippen molar-refractivity contribution in [3.63, 3.8) is 0 Å². The molecule has 3 nitrogen and oxygen atoms in total. The molecule has 24 heavy (non-hydrogen) atoms. The Morgan fingerprint density at radius 1 is 0.875 bits per heavy atom. The molecule has 4 rings (SSSR count). The first kappa shape index (κ1) is 16.2. The summed E-state index contributed by atoms with van der Waals surface area (Å²) in [6.45, 7) is 0. The Hall–Kier alpha value is -2.68. The van der Waals surface area contributed by atoms with E-state index in [-0.39, 0.29) is 17.1 Å². The van der Waals surface area contributed by atoms with E-state index in [0.717, 1.165) is 33.5 Å². The van der Waals surface area contributed by atoms with Gasteiger partial charge in [-0.2, -0.15) is 0 Å². The average molecular weight is 360 g/mol. The number of fused-ring (bicyclic) bond motifs is 1. The van der Waals surface area contributed by atoms with Crippen LogP contribution in [0.3, 0.4) is 0 Å². The van der Waals surface area contributed by atoms with E-state index in [0.29, 0.717) is 0 Å². The summed E-state index contributed by atoms with van der Waals surface area (Å²) < 4.78 is 0. The van der Waals surface area contributed by atoms with Gasteiger partial charge in [-0.15, -0.1) is 11.2 Å². The van der Waals surface area contributed by atoms with Gasteiger partial charge in [0.05, 0.1) is 5.69 Å². The first-order chi connectivity index (χ1) is 11.4. The molecule has 0 spiro atoms. The molecule has 0 bridgehead atoms. The normalized spacial score (nSPS) is 10.8. The van der Waals surface area contributed by atoms with Crippen molar-refractivity contribution in [2.45, 2.75) is 0 Å². The SMILES string of the molecule is C(=Nc1ccccc1)c1cccc2cc(-c3ccccn3)[n-]c12.[Cu+]. The number of aliphatic imine (C=N–C) groups is 1. The first-order valence-corrected chi connectivity index (χ1v) is 7.47. The molecule has 0 fully saturated rings. The van der Waals surface area contributed by atoms with Crippen LogP contribution in [0.4, 0.5) is 5.69 Å². The summed E-state index contributed by atoms with van der Waals surface area (Å²) in [5.41, 5.74) is 4.66. The van der Waals surface area contributed by atoms with Crippen molar-refractivity contribution < 1.29 is 17.1 Å². The van der Waals surface area contributed by atoms with Crippen LogP contribution in [0.25, 0.3) is 22.3 Å². The molecule has 120 valence electrons. The van der Waals surface area contributed by atoms with Crippen molar-refractivity contribution in [3.05, 3.63) is 84.6 Å². The van der Waals surface area contributed by atoms with Crippen LogP contribution in [0.2, 0.25) is 0 Å². The van der Waals surface area contributed by atoms with Crippen molar-refractivity contribution in [1.29, 1.82) is 0 Å². The van der Waals surface area contributed by atoms with Gasteiger partial charge in [-0.1, -0.05) is 48.5 Å². The van der Waals surface area contributed by atoms with Gasteiger partial charge >= 0.3 is 17.1 Å². The van der Waals surface area contributed by atoms with Gasteiger partial charge in [0.25, 0.3) is 0 Å². The predicted molar refractivity (Wildman–Crippen MR) is 94.2 cm³/mol. The Labute approximate surface area is 151 Å². The van der Waals surface area contributed by atoms with E-state index in [1.807, 2.05) is 66.9 Å². The van der Waals surface area contributed by atoms with Crippen LogP contribution >= 0.6 is 0 Å². The zero-order valence-electron chi connectivity index (χ0n) is 12.7. The molecule has 4 heteroatoms. The molecule has 0 amide bonds. The van der Waals surface area contributed by atoms with Gasteiger partial charge in [-0.05, 0) is 35.2 Å². The Kier molecular flexibility index (Phi) is 4.90. The van der Waals surface area contributed by atoms with Crippen LogP contribution in [0.1, 0.15) is 5.56 Å². The molecule has 0 N–H and O–H groups in total. The standard InChI is InChI=1S/C20H14N3.Cu/c1-2-9-17(10-3-1)22-14-16-8-6-7-15-13-19(23-20(15)16)18-11-4-5-12-21-18;/h1-14H;/q-1;+1. The number of rotatable bonds is 3. The van der Waals surface area contributed by atoms with Gasteiger partial charge < -0.3 is 4.98 Å². The third kappa shape index (κ3) is 3.30. The fourth-order valence-corrected chi connectivity index (χ4v) is 2.53. The molecule has 0 radical (unpaired) electrons. The smallest absolute Gasteiger partial charge is 0.655 e. The second kappa shape index (κ2) is 7.26. The van der Waals surface area contributed by atoms with E-state index in [2.05, 4.69) is 22.1 Å². The average Bonchev–Trinajstić information content (AvgIpc) is 3.06. The summed E-state index contributed by atoms with van der Waals surface area (Å²) in [6, 6.07) is 23.9. The monoisotopic (exact) mass is 359 g/mol. The molecule has 0 aliphatic heterocycles. The van der Waals surface area contributed by atoms with Gasteiger partial charge in [0.15, 0.2) is 0 Å². The molecule has 0 saturated heterocycles. The minimum Gasteiger partial charge on any atom is -0.655 e. The molecular formula is C20H14CuN3. The third-order valence-corrected chi connectivity index (χ3v) is 3.66. The van der Waals surface area contributed by atoms with Crippen LogP contribution in [-0.2, 0) is 17.1 Å². The minimum absolute atomic E-state index is 0. The zero-order valence-corrected chi connectivity index (χ0v) is 13.7. The summed E-state index contributed by atoms with van der Waals surface area (Å²) in [6.07, 6.45) is 3.65. The van der Waals surface area contributed by atoms with Crippen LogP contribution in [0.5, 0.6) is 0 Å². The minimum atomic E-state index is 0. The van der Waals surface area contributed by atoms with Crippen LogP contribution in [0, 0.1) is 0 Å². The van der Waals surface area contributed by atoms with Crippen molar-refractivity contribution in [2.75, 3.05) is 0 Å². The largest absolute Gasteiger partial charge is 1.00 e. The molecule has 2 heterocycles. The number of hydrogen-bond acceptors (Lipinski definition) is 2. The van der Waals surface area contributed by atoms with E-state index in [1.165, 1.54) is 0 Å². The Bertz CT molecular complexity index is 960. The maximum Gasteiger partial charge on any atom is 1.00 e. The number of benzene rings is 2. The maximum absolute atomic E-state index is 4.74. The van der Waals surface area contributed by atoms with E-state index in [1.54, 1.807) is 6.20 Å². The Morgan fingerprint density at radius 3 is 2.50 bits per heavy atom. The summed E-state index contributed by atoms with van der Waals surface area (Å²) in [4.78, 5) is 13.6. The molecule has 4 aromatic rings. The molecule has 2 aromatic heterocycles. The number of aromatic nitrogens is 2. The molecule has 0 saturated carbocycles. The van der Waals surface area contributed by atoms with E-state index in [9.17, 15) is 0 Å². The fourth-order valence-electron chi connectivity index (χ4n) is 2.53. The van der Waals surface area contributed by atoms with E-state index in [4.69, 9.17) is 4.98 Å². The molecule has 0 atom stereocenters. The second-order valence-electron chi connectivity index (χ2n) is 5.24. The molecule has 0 aliphatic rings. The van der Waals surface area contributed by atoms with Gasteiger partial charge in [0.1, 0.15) is 0 Å². The Morgan fingerprint density at radius 2 is 1.71 bits per heavy atom.